The Labute approximate surface area is 128 Å². The second-order valence-corrected chi connectivity index (χ2v) is 4.74. The van der Waals surface area contributed by atoms with Crippen LogP contribution in [0.4, 0.5) is 8.78 Å². The van der Waals surface area contributed by atoms with Crippen LogP contribution in [0.1, 0.15) is 12.0 Å². The number of rotatable bonds is 5. The molecule has 1 saturated heterocycles. The Hall–Kier alpha value is -1.24. The van der Waals surface area contributed by atoms with E-state index in [1.165, 1.54) is 12.1 Å². The largest absolute Gasteiger partial charge is 0.378 e. The van der Waals surface area contributed by atoms with Gasteiger partial charge < -0.3 is 15.4 Å². The minimum atomic E-state index is -0.864. The Balaban J connectivity index is 0.00000220. The van der Waals surface area contributed by atoms with E-state index in [4.69, 9.17) is 4.74 Å². The first-order valence-electron chi connectivity index (χ1n) is 6.67. The van der Waals surface area contributed by atoms with Crippen LogP contribution in [0.25, 0.3) is 0 Å². The number of halogens is 3. The van der Waals surface area contributed by atoms with Crippen LogP contribution in [0.2, 0.25) is 0 Å². The van der Waals surface area contributed by atoms with Gasteiger partial charge in [-0.05, 0) is 18.1 Å². The van der Waals surface area contributed by atoms with E-state index in [0.29, 0.717) is 19.6 Å². The third-order valence-corrected chi connectivity index (χ3v) is 3.18. The van der Waals surface area contributed by atoms with Gasteiger partial charge in [0.25, 0.3) is 0 Å². The Kier molecular flexibility index (Phi) is 7.56. The summed E-state index contributed by atoms with van der Waals surface area (Å²) < 4.78 is 31.6. The van der Waals surface area contributed by atoms with Crippen molar-refractivity contribution in [3.8, 4) is 0 Å². The zero-order valence-electron chi connectivity index (χ0n) is 11.5. The van der Waals surface area contributed by atoms with E-state index in [-0.39, 0.29) is 42.9 Å². The van der Waals surface area contributed by atoms with E-state index in [9.17, 15) is 13.6 Å². The summed E-state index contributed by atoms with van der Waals surface area (Å²) in [6.07, 6.45) is 0.593. The third-order valence-electron chi connectivity index (χ3n) is 3.18. The van der Waals surface area contributed by atoms with Crippen molar-refractivity contribution in [2.75, 3.05) is 26.3 Å². The summed E-state index contributed by atoms with van der Waals surface area (Å²) >= 11 is 0. The number of hydrogen-bond donors (Lipinski definition) is 2. The molecule has 1 aromatic carbocycles. The molecule has 1 fully saturated rings. The van der Waals surface area contributed by atoms with Crippen LogP contribution in [-0.4, -0.2) is 38.3 Å². The molecule has 4 nitrogen and oxygen atoms in total. The third kappa shape index (κ3) is 5.57. The summed E-state index contributed by atoms with van der Waals surface area (Å²) in [5.41, 5.74) is 0.268. The predicted octanol–water partition coefficient (Wildman–Crippen LogP) is 1.42. The maximum absolute atomic E-state index is 13.4. The van der Waals surface area contributed by atoms with Crippen molar-refractivity contribution in [2.24, 2.45) is 0 Å². The molecule has 0 aromatic heterocycles. The van der Waals surface area contributed by atoms with Crippen molar-refractivity contribution in [3.63, 3.8) is 0 Å². The molecule has 1 amide bonds. The number of carbonyl (C=O) groups is 1. The molecule has 2 N–H and O–H groups in total. The maximum atomic E-state index is 13.4. The van der Waals surface area contributed by atoms with Gasteiger partial charge in [-0.2, -0.15) is 0 Å². The SMILES string of the molecule is Cl.O=C(CC1COCCN1)NCCc1cccc(F)c1F. The first-order chi connectivity index (χ1) is 9.66. The molecule has 21 heavy (non-hydrogen) atoms. The molecule has 0 saturated carbocycles. The number of carbonyl (C=O) groups excluding carboxylic acids is 1. The minimum Gasteiger partial charge on any atom is -0.378 e. The number of benzene rings is 1. The van der Waals surface area contributed by atoms with Gasteiger partial charge in [0, 0.05) is 25.6 Å². The Morgan fingerprint density at radius 2 is 2.24 bits per heavy atom. The van der Waals surface area contributed by atoms with Crippen molar-refractivity contribution in [1.82, 2.24) is 10.6 Å². The van der Waals surface area contributed by atoms with Gasteiger partial charge in [-0.25, -0.2) is 8.78 Å². The summed E-state index contributed by atoms with van der Waals surface area (Å²) in [7, 11) is 0. The van der Waals surface area contributed by atoms with E-state index in [0.717, 1.165) is 12.6 Å². The van der Waals surface area contributed by atoms with Gasteiger partial charge >= 0.3 is 0 Å². The van der Waals surface area contributed by atoms with Crippen molar-refractivity contribution in [2.45, 2.75) is 18.9 Å². The maximum Gasteiger partial charge on any atom is 0.221 e. The zero-order valence-corrected chi connectivity index (χ0v) is 12.3. The number of hydrogen-bond acceptors (Lipinski definition) is 3. The molecule has 1 heterocycles. The Bertz CT molecular complexity index is 468. The van der Waals surface area contributed by atoms with Gasteiger partial charge in [-0.3, -0.25) is 4.79 Å². The lowest BCUT2D eigenvalue weighted by Gasteiger charge is -2.23. The van der Waals surface area contributed by atoms with Crippen LogP contribution in [0, 0.1) is 11.6 Å². The molecule has 1 atom stereocenters. The number of ether oxygens (including phenoxy) is 1. The summed E-state index contributed by atoms with van der Waals surface area (Å²) in [4.78, 5) is 11.7. The fraction of sp³-hybridized carbons (Fsp3) is 0.500. The predicted molar refractivity (Wildman–Crippen MR) is 77.5 cm³/mol. The topological polar surface area (TPSA) is 50.4 Å². The summed E-state index contributed by atoms with van der Waals surface area (Å²) in [5, 5.41) is 5.88. The second kappa shape index (κ2) is 8.92. The van der Waals surface area contributed by atoms with E-state index >= 15 is 0 Å². The fourth-order valence-electron chi connectivity index (χ4n) is 2.12. The summed E-state index contributed by atoms with van der Waals surface area (Å²) in [6.45, 7) is 2.21. The van der Waals surface area contributed by atoms with E-state index in [2.05, 4.69) is 10.6 Å². The first kappa shape index (κ1) is 17.8. The summed E-state index contributed by atoms with van der Waals surface area (Å²) in [5.74, 6) is -1.83. The van der Waals surface area contributed by atoms with Crippen molar-refractivity contribution in [3.05, 3.63) is 35.4 Å². The number of amides is 1. The number of nitrogens with one attached hydrogen (secondary N) is 2. The molecule has 0 bridgehead atoms. The highest BCUT2D eigenvalue weighted by atomic mass is 35.5. The lowest BCUT2D eigenvalue weighted by atomic mass is 10.1. The minimum absolute atomic E-state index is 0. The highest BCUT2D eigenvalue weighted by Crippen LogP contribution is 2.11. The molecule has 1 aliphatic rings. The molecule has 0 aliphatic carbocycles. The van der Waals surface area contributed by atoms with Gasteiger partial charge in [0.2, 0.25) is 5.91 Å². The quantitative estimate of drug-likeness (QED) is 0.863. The van der Waals surface area contributed by atoms with E-state index in [1.54, 1.807) is 0 Å². The van der Waals surface area contributed by atoms with Crippen LogP contribution in [0.5, 0.6) is 0 Å². The van der Waals surface area contributed by atoms with Crippen molar-refractivity contribution < 1.29 is 18.3 Å². The monoisotopic (exact) mass is 320 g/mol. The van der Waals surface area contributed by atoms with Crippen LogP contribution in [0.15, 0.2) is 18.2 Å². The van der Waals surface area contributed by atoms with Crippen LogP contribution >= 0.6 is 12.4 Å². The molecule has 0 spiro atoms. The molecule has 7 heteroatoms. The molecule has 0 radical (unpaired) electrons. The van der Waals surface area contributed by atoms with Crippen LogP contribution in [0.3, 0.4) is 0 Å². The van der Waals surface area contributed by atoms with Crippen LogP contribution < -0.4 is 10.6 Å². The Morgan fingerprint density at radius 1 is 1.43 bits per heavy atom. The molecule has 1 aromatic rings. The normalized spacial score (nSPS) is 17.9. The van der Waals surface area contributed by atoms with Gasteiger partial charge in [0.15, 0.2) is 11.6 Å². The lowest BCUT2D eigenvalue weighted by Crippen LogP contribution is -2.44. The molecular weight excluding hydrogens is 302 g/mol. The van der Waals surface area contributed by atoms with Crippen molar-refractivity contribution in [1.29, 1.82) is 0 Å². The highest BCUT2D eigenvalue weighted by Gasteiger charge is 2.16. The summed E-state index contributed by atoms with van der Waals surface area (Å²) in [6, 6.07) is 4.07. The fourth-order valence-corrected chi connectivity index (χ4v) is 2.12. The molecule has 1 unspecified atom stereocenters. The molecule has 118 valence electrons. The lowest BCUT2D eigenvalue weighted by molar-refractivity contribution is -0.122. The Morgan fingerprint density at radius 3 is 2.95 bits per heavy atom. The molecule has 1 aliphatic heterocycles. The van der Waals surface area contributed by atoms with Gasteiger partial charge in [-0.15, -0.1) is 12.4 Å². The van der Waals surface area contributed by atoms with Crippen LogP contribution in [-0.2, 0) is 16.0 Å². The van der Waals surface area contributed by atoms with Crippen molar-refractivity contribution >= 4 is 18.3 Å². The average molecular weight is 321 g/mol. The molecule has 2 rings (SSSR count). The van der Waals surface area contributed by atoms with Gasteiger partial charge in [0.1, 0.15) is 0 Å². The zero-order chi connectivity index (χ0) is 14.4. The average Bonchev–Trinajstić information content (AvgIpc) is 2.44. The smallest absolute Gasteiger partial charge is 0.221 e. The van der Waals surface area contributed by atoms with E-state index < -0.39 is 11.6 Å². The standard InChI is InChI=1S/C14H18F2N2O2.ClH/c15-12-3-1-2-10(14(12)16)4-5-18-13(19)8-11-9-20-7-6-17-11;/h1-3,11,17H,4-9H2,(H,18,19);1H. The molecular formula is C14H19ClF2N2O2. The number of morpholine rings is 1. The highest BCUT2D eigenvalue weighted by molar-refractivity contribution is 5.85. The van der Waals surface area contributed by atoms with E-state index in [1.807, 2.05) is 0 Å². The first-order valence-corrected chi connectivity index (χ1v) is 6.67. The van der Waals surface area contributed by atoms with Gasteiger partial charge in [-0.1, -0.05) is 12.1 Å². The van der Waals surface area contributed by atoms with Gasteiger partial charge in [0.05, 0.1) is 13.2 Å². The second-order valence-electron chi connectivity index (χ2n) is 4.74.